The lowest BCUT2D eigenvalue weighted by molar-refractivity contribution is -0.757. The number of benzene rings is 1. The molecule has 1 aromatic rings. The predicted molar refractivity (Wildman–Crippen MR) is 91.2 cm³/mol. The second-order valence-electron chi connectivity index (χ2n) is 5.51. The van der Waals surface area contributed by atoms with Crippen LogP contribution in [0, 0.1) is 10.1 Å². The van der Waals surface area contributed by atoms with Crippen molar-refractivity contribution in [1.29, 1.82) is 0 Å². The van der Waals surface area contributed by atoms with E-state index in [4.69, 9.17) is 15.6 Å². The highest BCUT2D eigenvalue weighted by atomic mass is 16.9. The van der Waals surface area contributed by atoms with Crippen LogP contribution in [0.15, 0.2) is 24.3 Å². The van der Waals surface area contributed by atoms with Crippen molar-refractivity contribution in [3.63, 3.8) is 0 Å². The van der Waals surface area contributed by atoms with Crippen LogP contribution in [-0.4, -0.2) is 41.4 Å². The van der Waals surface area contributed by atoms with Crippen molar-refractivity contribution in [2.75, 3.05) is 13.2 Å². The molecule has 1 rings (SSSR count). The number of unbranched alkanes of at least 4 members (excludes halogenated alkanes) is 1. The zero-order valence-corrected chi connectivity index (χ0v) is 14.3. The molecule has 10 heteroatoms. The number of aryl methyl sites for hydroxylation is 1. The van der Waals surface area contributed by atoms with Gasteiger partial charge in [-0.1, -0.05) is 12.1 Å². The lowest BCUT2D eigenvalue weighted by Crippen LogP contribution is -2.42. The Bertz CT molecular complexity index is 592. The highest BCUT2D eigenvalue weighted by Gasteiger charge is 2.20. The number of hydrogen-bond donors (Lipinski definition) is 3. The molecular formula is C16H23N3O7. The smallest absolute Gasteiger partial charge is 0.413 e. The first-order valence-electron chi connectivity index (χ1n) is 8.20. The van der Waals surface area contributed by atoms with Crippen LogP contribution < -0.4 is 15.8 Å². The van der Waals surface area contributed by atoms with E-state index < -0.39 is 23.2 Å². The average molecular weight is 369 g/mol. The maximum absolute atomic E-state index is 11.8. The van der Waals surface area contributed by atoms with E-state index in [1.165, 1.54) is 0 Å². The number of carboxylic acids is 1. The quantitative estimate of drug-likeness (QED) is 0.284. The maximum Gasteiger partial charge on any atom is 0.413 e. The zero-order valence-electron chi connectivity index (χ0n) is 14.3. The first kappa shape index (κ1) is 21.2. The molecule has 0 aliphatic heterocycles. The summed E-state index contributed by atoms with van der Waals surface area (Å²) in [4.78, 5) is 37.2. The summed E-state index contributed by atoms with van der Waals surface area (Å²) >= 11 is 0. The lowest BCUT2D eigenvalue weighted by atomic mass is 10.1. The van der Waals surface area contributed by atoms with Crippen LogP contribution in [0.5, 0.6) is 5.75 Å². The van der Waals surface area contributed by atoms with Gasteiger partial charge in [-0.15, -0.1) is 10.1 Å². The topological polar surface area (TPSA) is 154 Å². The Morgan fingerprint density at radius 1 is 1.23 bits per heavy atom. The maximum atomic E-state index is 11.8. The van der Waals surface area contributed by atoms with Crippen molar-refractivity contribution in [3.8, 4) is 5.75 Å². The normalized spacial score (nSPS) is 11.4. The molecule has 0 saturated heterocycles. The number of nitrogens with one attached hydrogen (secondary N) is 1. The largest absolute Gasteiger partial charge is 0.480 e. The number of carbonyl (C=O) groups excluding carboxylic acids is 1. The fraction of sp³-hybridized carbons (Fsp3) is 0.500. The summed E-state index contributed by atoms with van der Waals surface area (Å²) in [7, 11) is 0. The number of hydrogen-bond acceptors (Lipinski definition) is 7. The molecule has 4 N–H and O–H groups in total. The summed E-state index contributed by atoms with van der Waals surface area (Å²) in [5.74, 6) is -0.870. The Hall–Kier alpha value is -2.88. The van der Waals surface area contributed by atoms with Crippen LogP contribution in [-0.2, 0) is 16.1 Å². The molecule has 0 saturated carbocycles. The van der Waals surface area contributed by atoms with Crippen LogP contribution >= 0.6 is 0 Å². The molecule has 1 aromatic carbocycles. The fourth-order valence-electron chi connectivity index (χ4n) is 2.17. The molecule has 0 radical (unpaired) electrons. The van der Waals surface area contributed by atoms with E-state index in [0.717, 1.165) is 5.56 Å². The van der Waals surface area contributed by atoms with E-state index in [9.17, 15) is 19.7 Å². The number of carbonyl (C=O) groups is 2. The lowest BCUT2D eigenvalue weighted by Gasteiger charge is -2.14. The number of carboxylic acid groups (broad SMARTS) is 1. The molecule has 0 bridgehead atoms. The highest BCUT2D eigenvalue weighted by Crippen LogP contribution is 2.14. The minimum atomic E-state index is -1.13. The minimum absolute atomic E-state index is 0.00832. The summed E-state index contributed by atoms with van der Waals surface area (Å²) in [5, 5.41) is 20.6. The molecule has 1 atom stereocenters. The van der Waals surface area contributed by atoms with Gasteiger partial charge in [0.05, 0.1) is 6.61 Å². The van der Waals surface area contributed by atoms with Gasteiger partial charge in [0.1, 0.15) is 11.8 Å². The first-order chi connectivity index (χ1) is 12.4. The van der Waals surface area contributed by atoms with Gasteiger partial charge in [-0.25, -0.2) is 9.59 Å². The molecule has 0 aliphatic rings. The average Bonchev–Trinajstić information content (AvgIpc) is 2.59. The van der Waals surface area contributed by atoms with Gasteiger partial charge in [0.25, 0.3) is 5.09 Å². The molecule has 144 valence electrons. The summed E-state index contributed by atoms with van der Waals surface area (Å²) in [6, 6.07) is 5.52. The molecule has 0 spiro atoms. The predicted octanol–water partition coefficient (Wildman–Crippen LogP) is 1.50. The van der Waals surface area contributed by atoms with Gasteiger partial charge in [-0.3, -0.25) is 0 Å². The summed E-state index contributed by atoms with van der Waals surface area (Å²) in [5.41, 5.74) is 6.26. The number of aliphatic carboxylic acids is 1. The van der Waals surface area contributed by atoms with Gasteiger partial charge in [0.15, 0.2) is 0 Å². The van der Waals surface area contributed by atoms with Gasteiger partial charge in [0.2, 0.25) is 0 Å². The van der Waals surface area contributed by atoms with Crippen molar-refractivity contribution in [2.45, 2.75) is 38.1 Å². The molecule has 0 heterocycles. The molecule has 1 unspecified atom stereocenters. The zero-order chi connectivity index (χ0) is 19.4. The van der Waals surface area contributed by atoms with Crippen molar-refractivity contribution >= 4 is 12.1 Å². The van der Waals surface area contributed by atoms with Crippen molar-refractivity contribution in [2.24, 2.45) is 5.73 Å². The molecule has 0 aliphatic carbocycles. The molecule has 0 aromatic heterocycles. The number of amides is 1. The minimum Gasteiger partial charge on any atom is -0.480 e. The van der Waals surface area contributed by atoms with E-state index in [1.807, 2.05) is 0 Å². The van der Waals surface area contributed by atoms with Gasteiger partial charge >= 0.3 is 12.1 Å². The Morgan fingerprint density at radius 3 is 2.50 bits per heavy atom. The van der Waals surface area contributed by atoms with Gasteiger partial charge in [0, 0.05) is 0 Å². The van der Waals surface area contributed by atoms with Crippen molar-refractivity contribution in [3.05, 3.63) is 39.9 Å². The Labute approximate surface area is 150 Å². The number of nitrogens with two attached hydrogens (primary N) is 1. The molecule has 26 heavy (non-hydrogen) atoms. The molecular weight excluding hydrogens is 346 g/mol. The first-order valence-corrected chi connectivity index (χ1v) is 8.20. The van der Waals surface area contributed by atoms with Crippen LogP contribution in [0.4, 0.5) is 4.79 Å². The van der Waals surface area contributed by atoms with E-state index >= 15 is 0 Å². The fourth-order valence-corrected chi connectivity index (χ4v) is 2.17. The van der Waals surface area contributed by atoms with Crippen molar-refractivity contribution < 1.29 is 29.4 Å². The number of nitrogens with zero attached hydrogens (tertiary/aromatic N) is 1. The van der Waals surface area contributed by atoms with E-state index in [-0.39, 0.29) is 18.8 Å². The van der Waals surface area contributed by atoms with Crippen LogP contribution in [0.2, 0.25) is 0 Å². The molecule has 1 amide bonds. The molecule has 10 nitrogen and oxygen atoms in total. The summed E-state index contributed by atoms with van der Waals surface area (Å²) < 4.78 is 5.06. The monoisotopic (exact) mass is 369 g/mol. The highest BCUT2D eigenvalue weighted by molar-refractivity contribution is 5.80. The Balaban J connectivity index is 2.43. The Morgan fingerprint density at radius 2 is 1.92 bits per heavy atom. The van der Waals surface area contributed by atoms with Gasteiger partial charge in [-0.2, -0.15) is 0 Å². The second kappa shape index (κ2) is 11.6. The van der Waals surface area contributed by atoms with Crippen molar-refractivity contribution in [1.82, 2.24) is 5.32 Å². The van der Waals surface area contributed by atoms with Gasteiger partial charge < -0.3 is 25.7 Å². The summed E-state index contributed by atoms with van der Waals surface area (Å²) in [6.45, 7) is 0.468. The van der Waals surface area contributed by atoms with E-state index in [0.29, 0.717) is 32.2 Å². The van der Waals surface area contributed by atoms with Gasteiger partial charge in [-0.05, 0) is 56.3 Å². The Kier molecular flexibility index (Phi) is 9.47. The third-order valence-corrected chi connectivity index (χ3v) is 3.48. The second-order valence-corrected chi connectivity index (χ2v) is 5.51. The SMILES string of the molecule is NCCCCC(NC(=O)Oc1ccc(CCCO[N+](=O)[O-])cc1)C(=O)O. The number of ether oxygens (including phenoxy) is 1. The van der Waals surface area contributed by atoms with Crippen LogP contribution in [0.25, 0.3) is 0 Å². The number of rotatable bonds is 12. The van der Waals surface area contributed by atoms with Crippen LogP contribution in [0.1, 0.15) is 31.2 Å². The van der Waals surface area contributed by atoms with E-state index in [1.54, 1.807) is 24.3 Å². The third-order valence-electron chi connectivity index (χ3n) is 3.48. The van der Waals surface area contributed by atoms with E-state index in [2.05, 4.69) is 10.2 Å². The third kappa shape index (κ3) is 8.83. The summed E-state index contributed by atoms with van der Waals surface area (Å²) in [6.07, 6.45) is 1.73. The molecule has 0 fully saturated rings. The van der Waals surface area contributed by atoms with Crippen LogP contribution in [0.3, 0.4) is 0 Å². The standard InChI is InChI=1S/C16H23N3O7/c17-10-2-1-5-14(15(20)21)18-16(22)26-13-8-6-12(7-9-13)4-3-11-25-19(23)24/h6-9,14H,1-5,10-11,17H2,(H,18,22)(H,20,21).